The Morgan fingerprint density at radius 1 is 0.714 bits per heavy atom. The molecule has 0 aromatic carbocycles. The van der Waals surface area contributed by atoms with Gasteiger partial charge in [0.25, 0.3) is 0 Å². The third-order valence-corrected chi connectivity index (χ3v) is 0.671. The average Bonchev–Trinajstić information content (AvgIpc) is 2.31. The normalized spacial score (nSPS) is 6.64. The molecule has 0 unspecified atom stereocenters. The Morgan fingerprint density at radius 3 is 0.786 bits per heavy atom. The second-order valence-electron chi connectivity index (χ2n) is 2.17. The zero-order valence-corrected chi connectivity index (χ0v) is 10.8. The van der Waals surface area contributed by atoms with Crippen LogP contribution in [0.5, 0.6) is 0 Å². The first-order valence-electron chi connectivity index (χ1n) is 4.75. The molecule has 0 aliphatic rings. The maximum absolute atomic E-state index is 8.19. The van der Waals surface area contributed by atoms with E-state index in [4.69, 9.17) is 19.0 Å². The number of rotatable bonds is 3. The van der Waals surface area contributed by atoms with Gasteiger partial charge in [-0.2, -0.15) is 0 Å². The minimum atomic E-state index is 0.319. The summed E-state index contributed by atoms with van der Waals surface area (Å²) in [5.41, 5.74) is 0. The summed E-state index contributed by atoms with van der Waals surface area (Å²) in [5.74, 6) is 0. The zero-order chi connectivity index (χ0) is 12.2. The Balaban J connectivity index is -0.0000000492. The van der Waals surface area contributed by atoms with Crippen LogP contribution in [0.1, 0.15) is 40.0 Å². The summed E-state index contributed by atoms with van der Waals surface area (Å²) in [6.45, 7) is 6.75. The van der Waals surface area contributed by atoms with Crippen LogP contribution in [-0.4, -0.2) is 35.1 Å². The van der Waals surface area contributed by atoms with Crippen molar-refractivity contribution in [1.82, 2.24) is 0 Å². The zero-order valence-electron chi connectivity index (χ0n) is 9.44. The molecule has 4 nitrogen and oxygen atoms in total. The first-order chi connectivity index (χ1) is 6.74. The minimum absolute atomic E-state index is 0.319. The van der Waals surface area contributed by atoms with E-state index < -0.39 is 0 Å². The van der Waals surface area contributed by atoms with Crippen molar-refractivity contribution in [2.24, 2.45) is 0 Å². The Hall–Kier alpha value is 0.264. The van der Waals surface area contributed by atoms with Gasteiger partial charge in [-0.15, -0.1) is 0 Å². The average molecular weight is 247 g/mol. The van der Waals surface area contributed by atoms with Gasteiger partial charge in [-0.05, 0) is 19.3 Å². The molecule has 0 aromatic rings. The van der Waals surface area contributed by atoms with E-state index in [1.54, 1.807) is 0 Å². The molecular formula is C9H24O4V. The number of aliphatic hydroxyl groups excluding tert-OH is 3. The SMILES string of the molecule is CCCO.CCCO.CCCO.[O]=[V]. The van der Waals surface area contributed by atoms with Gasteiger partial charge in [0.05, 0.1) is 0 Å². The summed E-state index contributed by atoms with van der Waals surface area (Å²) < 4.78 is 8.19. The molecular weight excluding hydrogens is 223 g/mol. The van der Waals surface area contributed by atoms with Crippen LogP contribution in [0.15, 0.2) is 0 Å². The molecule has 0 atom stereocenters. The molecule has 0 fully saturated rings. The van der Waals surface area contributed by atoms with Crippen LogP contribution in [0.2, 0.25) is 0 Å². The van der Waals surface area contributed by atoms with Gasteiger partial charge in [-0.1, -0.05) is 20.8 Å². The summed E-state index contributed by atoms with van der Waals surface area (Å²) in [4.78, 5) is 0. The molecule has 0 radical (unpaired) electrons. The van der Waals surface area contributed by atoms with Gasteiger partial charge < -0.3 is 15.3 Å². The number of hydrogen-bond acceptors (Lipinski definition) is 4. The van der Waals surface area contributed by atoms with Crippen LogP contribution in [-0.2, 0) is 21.0 Å². The first-order valence-corrected chi connectivity index (χ1v) is 5.32. The Morgan fingerprint density at radius 2 is 0.786 bits per heavy atom. The summed E-state index contributed by atoms with van der Waals surface area (Å²) in [6.07, 6.45) is 2.62. The van der Waals surface area contributed by atoms with Gasteiger partial charge in [-0.3, -0.25) is 0 Å². The quantitative estimate of drug-likeness (QED) is 0.696. The summed E-state index contributed by atoms with van der Waals surface area (Å²) >= 11 is 1.06. The Kier molecular flexibility index (Phi) is 86.5. The number of aliphatic hydroxyl groups is 3. The van der Waals surface area contributed by atoms with Crippen LogP contribution < -0.4 is 0 Å². The van der Waals surface area contributed by atoms with Crippen LogP contribution in [0.4, 0.5) is 0 Å². The van der Waals surface area contributed by atoms with E-state index in [-0.39, 0.29) is 0 Å². The molecule has 0 bridgehead atoms. The van der Waals surface area contributed by atoms with E-state index in [0.717, 1.165) is 36.6 Å². The van der Waals surface area contributed by atoms with E-state index in [0.29, 0.717) is 19.8 Å². The van der Waals surface area contributed by atoms with Crippen molar-refractivity contribution in [3.8, 4) is 0 Å². The van der Waals surface area contributed by atoms with Gasteiger partial charge in [-0.25, -0.2) is 0 Å². The summed E-state index contributed by atoms with van der Waals surface area (Å²) in [6, 6.07) is 0. The second kappa shape index (κ2) is 50.8. The fourth-order valence-electron chi connectivity index (χ4n) is 0. The van der Waals surface area contributed by atoms with Crippen LogP contribution in [0.3, 0.4) is 0 Å². The maximum atomic E-state index is 8.19. The van der Waals surface area contributed by atoms with Gasteiger partial charge in [0.15, 0.2) is 0 Å². The van der Waals surface area contributed by atoms with E-state index in [1.165, 1.54) is 0 Å². The van der Waals surface area contributed by atoms with Crippen molar-refractivity contribution in [1.29, 1.82) is 0 Å². The molecule has 89 valence electrons. The van der Waals surface area contributed by atoms with Crippen molar-refractivity contribution in [3.63, 3.8) is 0 Å². The monoisotopic (exact) mass is 247 g/mol. The first kappa shape index (κ1) is 23.8. The molecule has 0 aliphatic carbocycles. The molecule has 0 heterocycles. The van der Waals surface area contributed by atoms with Crippen LogP contribution in [0, 0.1) is 0 Å². The van der Waals surface area contributed by atoms with Crippen molar-refractivity contribution in [2.45, 2.75) is 40.0 Å². The fourth-order valence-corrected chi connectivity index (χ4v) is 0. The molecule has 0 aliphatic heterocycles. The summed E-state index contributed by atoms with van der Waals surface area (Å²) in [7, 11) is 0. The van der Waals surface area contributed by atoms with E-state index in [2.05, 4.69) is 0 Å². The third-order valence-electron chi connectivity index (χ3n) is 0.671. The van der Waals surface area contributed by atoms with Crippen LogP contribution in [0.25, 0.3) is 0 Å². The third kappa shape index (κ3) is 146. The fraction of sp³-hybridized carbons (Fsp3) is 1.00. The van der Waals surface area contributed by atoms with Crippen molar-refractivity contribution >= 4 is 0 Å². The van der Waals surface area contributed by atoms with E-state index in [9.17, 15) is 0 Å². The van der Waals surface area contributed by atoms with Crippen molar-refractivity contribution < 1.29 is 36.4 Å². The van der Waals surface area contributed by atoms with Crippen molar-refractivity contribution in [3.05, 3.63) is 0 Å². The molecule has 5 heteroatoms. The molecule has 3 N–H and O–H groups in total. The topological polar surface area (TPSA) is 77.8 Å². The molecule has 0 amide bonds. The predicted octanol–water partition coefficient (Wildman–Crippen LogP) is 1.04. The predicted molar refractivity (Wildman–Crippen MR) is 52.8 cm³/mol. The van der Waals surface area contributed by atoms with Gasteiger partial charge in [0.1, 0.15) is 0 Å². The van der Waals surface area contributed by atoms with Crippen molar-refractivity contribution in [2.75, 3.05) is 19.8 Å². The molecule has 0 aromatic heterocycles. The molecule has 14 heavy (non-hydrogen) atoms. The van der Waals surface area contributed by atoms with E-state index in [1.807, 2.05) is 20.8 Å². The Labute approximate surface area is 96.6 Å². The summed E-state index contributed by atoms with van der Waals surface area (Å²) in [5, 5.41) is 23.6. The molecule has 0 saturated carbocycles. The van der Waals surface area contributed by atoms with Gasteiger partial charge in [0, 0.05) is 19.8 Å². The standard InChI is InChI=1S/3C3H8O.O.V/c3*1-2-3-4;;/h3*4H,2-3H2,1H3;;. The number of hydrogen-bond donors (Lipinski definition) is 3. The van der Waals surface area contributed by atoms with Crippen LogP contribution >= 0.6 is 0 Å². The van der Waals surface area contributed by atoms with Gasteiger partial charge in [0.2, 0.25) is 0 Å². The van der Waals surface area contributed by atoms with Gasteiger partial charge >= 0.3 is 21.0 Å². The second-order valence-corrected chi connectivity index (χ2v) is 2.17. The molecule has 0 spiro atoms. The molecule has 0 saturated heterocycles. The molecule has 0 rings (SSSR count). The van der Waals surface area contributed by atoms with E-state index >= 15 is 0 Å². The Bertz CT molecular complexity index is 40.6.